The molecule has 2 atom stereocenters. The van der Waals surface area contributed by atoms with Gasteiger partial charge in [-0.3, -0.25) is 4.79 Å². The number of benzene rings is 1. The minimum Gasteiger partial charge on any atom is -0.325 e. The van der Waals surface area contributed by atoms with E-state index in [0.717, 1.165) is 28.6 Å². The zero-order chi connectivity index (χ0) is 13.4. The predicted molar refractivity (Wildman–Crippen MR) is 73.0 cm³/mol. The Morgan fingerprint density at radius 1 is 1.39 bits per heavy atom. The minimum atomic E-state index is -0.353. The summed E-state index contributed by atoms with van der Waals surface area (Å²) in [5.74, 6) is -0.701. The van der Waals surface area contributed by atoms with E-state index in [9.17, 15) is 4.79 Å². The van der Waals surface area contributed by atoms with Crippen molar-refractivity contribution in [2.75, 3.05) is 5.32 Å². The van der Waals surface area contributed by atoms with Gasteiger partial charge in [-0.1, -0.05) is 13.0 Å². The largest absolute Gasteiger partial charge is 0.325 e. The second-order valence-corrected chi connectivity index (χ2v) is 4.88. The smallest absolute Gasteiger partial charge is 0.232 e. The molecule has 0 saturated heterocycles. The summed E-state index contributed by atoms with van der Waals surface area (Å²) in [6, 6.07) is 3.99. The van der Waals surface area contributed by atoms with Crippen molar-refractivity contribution in [3.05, 3.63) is 28.8 Å². The first kappa shape index (κ1) is 12.5. The van der Waals surface area contributed by atoms with Crippen LogP contribution in [0.5, 0.6) is 0 Å². The summed E-state index contributed by atoms with van der Waals surface area (Å²) in [7, 11) is 0. The summed E-state index contributed by atoms with van der Waals surface area (Å²) in [5, 5.41) is 17.7. The van der Waals surface area contributed by atoms with Crippen LogP contribution < -0.4 is 5.32 Å². The Morgan fingerprint density at radius 3 is 2.61 bits per heavy atom. The fraction of sp³-hybridized carbons (Fsp3) is 0.357. The quantitative estimate of drug-likeness (QED) is 0.701. The lowest BCUT2D eigenvalue weighted by Crippen LogP contribution is -2.25. The predicted octanol–water partition coefficient (Wildman–Crippen LogP) is 2.64. The lowest BCUT2D eigenvalue weighted by molar-refractivity contribution is -0.117. The highest BCUT2D eigenvalue weighted by Gasteiger charge is 2.36. The SMILES string of the molecule is Cc1cc2c(cc1C)C(C(C)C(=N)C=N)C(=O)N2. The van der Waals surface area contributed by atoms with Gasteiger partial charge < -0.3 is 16.1 Å². The maximum atomic E-state index is 12.0. The topological polar surface area (TPSA) is 76.8 Å². The third-order valence-electron chi connectivity index (χ3n) is 3.69. The molecule has 3 N–H and O–H groups in total. The van der Waals surface area contributed by atoms with Crippen molar-refractivity contribution in [3.63, 3.8) is 0 Å². The first-order chi connectivity index (χ1) is 8.45. The number of rotatable bonds is 3. The molecule has 0 aliphatic carbocycles. The molecule has 4 heteroatoms. The molecule has 4 nitrogen and oxygen atoms in total. The summed E-state index contributed by atoms with van der Waals surface area (Å²) in [6.07, 6.45) is 1.01. The van der Waals surface area contributed by atoms with Gasteiger partial charge in [-0.25, -0.2) is 0 Å². The molecule has 1 aliphatic rings. The van der Waals surface area contributed by atoms with E-state index in [0.29, 0.717) is 0 Å². The molecule has 0 saturated carbocycles. The van der Waals surface area contributed by atoms with E-state index in [4.69, 9.17) is 10.8 Å². The Morgan fingerprint density at radius 2 is 2.00 bits per heavy atom. The van der Waals surface area contributed by atoms with Crippen LogP contribution in [0.15, 0.2) is 12.1 Å². The number of carbonyl (C=O) groups is 1. The van der Waals surface area contributed by atoms with Crippen LogP contribution in [0.4, 0.5) is 5.69 Å². The fourth-order valence-electron chi connectivity index (χ4n) is 2.36. The average molecular weight is 243 g/mol. The van der Waals surface area contributed by atoms with Crippen LogP contribution in [-0.4, -0.2) is 17.8 Å². The number of hydrogen-bond acceptors (Lipinski definition) is 3. The van der Waals surface area contributed by atoms with E-state index in [2.05, 4.69) is 5.32 Å². The maximum absolute atomic E-state index is 12.0. The molecule has 94 valence electrons. The Kier molecular flexibility index (Phi) is 3.03. The number of anilines is 1. The van der Waals surface area contributed by atoms with Crippen LogP contribution in [0.1, 0.15) is 29.5 Å². The fourth-order valence-corrected chi connectivity index (χ4v) is 2.36. The Bertz CT molecular complexity index is 548. The van der Waals surface area contributed by atoms with Crippen LogP contribution in [0.25, 0.3) is 0 Å². The van der Waals surface area contributed by atoms with Crippen molar-refractivity contribution in [3.8, 4) is 0 Å². The number of carbonyl (C=O) groups excluding carboxylic acids is 1. The molecule has 0 radical (unpaired) electrons. The van der Waals surface area contributed by atoms with Crippen LogP contribution in [0.2, 0.25) is 0 Å². The molecule has 1 amide bonds. The lowest BCUT2D eigenvalue weighted by atomic mass is 9.84. The van der Waals surface area contributed by atoms with Crippen molar-refractivity contribution in [1.82, 2.24) is 0 Å². The summed E-state index contributed by atoms with van der Waals surface area (Å²) in [4.78, 5) is 12.0. The minimum absolute atomic E-state index is 0.0749. The number of aryl methyl sites for hydroxylation is 2. The molecular weight excluding hydrogens is 226 g/mol. The van der Waals surface area contributed by atoms with Crippen molar-refractivity contribution < 1.29 is 4.79 Å². The summed E-state index contributed by atoms with van der Waals surface area (Å²) in [5.41, 5.74) is 4.26. The van der Waals surface area contributed by atoms with Crippen molar-refractivity contribution in [1.29, 1.82) is 10.8 Å². The molecule has 0 bridgehead atoms. The monoisotopic (exact) mass is 243 g/mol. The third kappa shape index (κ3) is 1.83. The van der Waals surface area contributed by atoms with E-state index in [1.807, 2.05) is 32.9 Å². The highest BCUT2D eigenvalue weighted by atomic mass is 16.2. The van der Waals surface area contributed by atoms with E-state index < -0.39 is 0 Å². The molecule has 1 heterocycles. The van der Waals surface area contributed by atoms with E-state index in [-0.39, 0.29) is 23.5 Å². The Hall–Kier alpha value is -1.97. The lowest BCUT2D eigenvalue weighted by Gasteiger charge is -2.17. The Balaban J connectivity index is 2.47. The number of fused-ring (bicyclic) bond motifs is 1. The molecule has 1 aromatic carbocycles. The van der Waals surface area contributed by atoms with Gasteiger partial charge in [-0.15, -0.1) is 0 Å². The second-order valence-electron chi connectivity index (χ2n) is 4.88. The molecule has 0 fully saturated rings. The maximum Gasteiger partial charge on any atom is 0.232 e. The first-order valence-corrected chi connectivity index (χ1v) is 5.96. The van der Waals surface area contributed by atoms with Gasteiger partial charge >= 0.3 is 0 Å². The zero-order valence-electron chi connectivity index (χ0n) is 10.8. The van der Waals surface area contributed by atoms with Gasteiger partial charge in [0.2, 0.25) is 5.91 Å². The second kappa shape index (κ2) is 4.37. The van der Waals surface area contributed by atoms with Gasteiger partial charge in [0.25, 0.3) is 0 Å². The number of amides is 1. The molecule has 18 heavy (non-hydrogen) atoms. The van der Waals surface area contributed by atoms with Crippen LogP contribution >= 0.6 is 0 Å². The van der Waals surface area contributed by atoms with Gasteiger partial charge in [0.15, 0.2) is 0 Å². The van der Waals surface area contributed by atoms with Gasteiger partial charge in [-0.05, 0) is 36.6 Å². The number of hydrogen-bond donors (Lipinski definition) is 3. The summed E-state index contributed by atoms with van der Waals surface area (Å²) >= 11 is 0. The molecule has 0 spiro atoms. The van der Waals surface area contributed by atoms with Gasteiger partial charge in [0.1, 0.15) is 0 Å². The third-order valence-corrected chi connectivity index (χ3v) is 3.69. The van der Waals surface area contributed by atoms with Gasteiger partial charge in [-0.2, -0.15) is 0 Å². The summed E-state index contributed by atoms with van der Waals surface area (Å²) < 4.78 is 0. The Labute approximate surface area is 106 Å². The molecule has 1 aromatic rings. The van der Waals surface area contributed by atoms with Gasteiger partial charge in [0, 0.05) is 17.8 Å². The molecule has 2 rings (SSSR count). The summed E-state index contributed by atoms with van der Waals surface area (Å²) in [6.45, 7) is 5.85. The van der Waals surface area contributed by atoms with E-state index in [1.54, 1.807) is 0 Å². The van der Waals surface area contributed by atoms with Gasteiger partial charge in [0.05, 0.1) is 11.6 Å². The first-order valence-electron chi connectivity index (χ1n) is 5.96. The van der Waals surface area contributed by atoms with E-state index in [1.165, 1.54) is 0 Å². The van der Waals surface area contributed by atoms with Crippen molar-refractivity contribution in [2.24, 2.45) is 5.92 Å². The van der Waals surface area contributed by atoms with Crippen LogP contribution in [0.3, 0.4) is 0 Å². The molecular formula is C14H17N3O. The molecule has 1 aliphatic heterocycles. The van der Waals surface area contributed by atoms with Crippen molar-refractivity contribution >= 4 is 23.5 Å². The molecule has 2 unspecified atom stereocenters. The highest BCUT2D eigenvalue weighted by molar-refractivity contribution is 6.30. The zero-order valence-corrected chi connectivity index (χ0v) is 10.8. The standard InChI is InChI=1S/C14H17N3O/c1-7-4-10-12(5-8(7)2)17-14(18)13(10)9(3)11(16)6-15/h4-6,9,13,15-16H,1-3H3,(H,17,18). The van der Waals surface area contributed by atoms with Crippen LogP contribution in [-0.2, 0) is 4.79 Å². The average Bonchev–Trinajstić information content (AvgIpc) is 2.63. The number of nitrogens with one attached hydrogen (secondary N) is 3. The molecule has 0 aromatic heterocycles. The van der Waals surface area contributed by atoms with Crippen LogP contribution in [0, 0.1) is 30.6 Å². The highest BCUT2D eigenvalue weighted by Crippen LogP contribution is 2.39. The van der Waals surface area contributed by atoms with E-state index >= 15 is 0 Å². The normalized spacial score (nSPS) is 19.1. The van der Waals surface area contributed by atoms with Crippen molar-refractivity contribution in [2.45, 2.75) is 26.7 Å².